The molecule has 168 valence electrons. The highest BCUT2D eigenvalue weighted by molar-refractivity contribution is 6.62. The van der Waals surface area contributed by atoms with Crippen molar-refractivity contribution >= 4 is 30.1 Å². The van der Waals surface area contributed by atoms with Crippen LogP contribution in [0.25, 0.3) is 0 Å². The summed E-state index contributed by atoms with van der Waals surface area (Å²) in [5.74, 6) is -0.0887. The molecule has 2 aliphatic heterocycles. The molecule has 2 heterocycles. The molecule has 3 aliphatic rings. The zero-order valence-electron chi connectivity index (χ0n) is 19.3. The van der Waals surface area contributed by atoms with Crippen molar-refractivity contribution in [3.05, 3.63) is 41.4 Å². The lowest BCUT2D eigenvalue weighted by Crippen LogP contribution is -2.62. The highest BCUT2D eigenvalue weighted by Gasteiger charge is 2.53. The first-order chi connectivity index (χ1) is 14.4. The van der Waals surface area contributed by atoms with E-state index in [9.17, 15) is 4.79 Å². The second-order valence-corrected chi connectivity index (χ2v) is 10.9. The monoisotopic (exact) mass is 445 g/mol. The molecule has 1 atom stereocenters. The molecule has 31 heavy (non-hydrogen) atoms. The molecule has 1 spiro atoms. The van der Waals surface area contributed by atoms with Crippen LogP contribution in [0.4, 0.5) is 0 Å². The minimum Gasteiger partial charge on any atom is -0.399 e. The van der Waals surface area contributed by atoms with E-state index in [1.807, 2.05) is 57.7 Å². The van der Waals surface area contributed by atoms with Crippen molar-refractivity contribution in [1.29, 1.82) is 0 Å². The number of halogens is 1. The van der Waals surface area contributed by atoms with Crippen LogP contribution in [-0.4, -0.2) is 47.9 Å². The van der Waals surface area contributed by atoms with Gasteiger partial charge in [0.05, 0.1) is 35.5 Å². The first-order valence-electron chi connectivity index (χ1n) is 11.2. The Labute approximate surface area is 191 Å². The van der Waals surface area contributed by atoms with Crippen LogP contribution in [0.2, 0.25) is 5.02 Å². The minimum atomic E-state index is -0.664. The van der Waals surface area contributed by atoms with Gasteiger partial charge in [0.2, 0.25) is 5.91 Å². The van der Waals surface area contributed by atoms with Gasteiger partial charge in [0.25, 0.3) is 0 Å². The van der Waals surface area contributed by atoms with Gasteiger partial charge in [-0.1, -0.05) is 37.1 Å². The lowest BCUT2D eigenvalue weighted by molar-refractivity contribution is -0.177. The van der Waals surface area contributed by atoms with E-state index in [1.54, 1.807) is 0 Å². The van der Waals surface area contributed by atoms with Crippen LogP contribution in [0.3, 0.4) is 0 Å². The molecule has 1 aliphatic carbocycles. The van der Waals surface area contributed by atoms with Crippen molar-refractivity contribution in [2.75, 3.05) is 13.2 Å². The SMILES string of the molecule is C=CC(=O)N1CC2(CCCC2)OCC1(C)c1cc(Cl)cc(B2OC(C)(C)C(C)(C)O2)c1. The lowest BCUT2D eigenvalue weighted by atomic mass is 9.75. The molecule has 0 N–H and O–H groups in total. The van der Waals surface area contributed by atoms with Gasteiger partial charge >= 0.3 is 7.12 Å². The van der Waals surface area contributed by atoms with Crippen LogP contribution >= 0.6 is 11.6 Å². The second-order valence-electron chi connectivity index (χ2n) is 10.4. The first kappa shape index (κ1) is 22.8. The Morgan fingerprint density at radius 2 is 1.71 bits per heavy atom. The highest BCUT2D eigenvalue weighted by Crippen LogP contribution is 2.44. The van der Waals surface area contributed by atoms with Gasteiger partial charge in [0.15, 0.2) is 0 Å². The summed E-state index contributed by atoms with van der Waals surface area (Å²) in [5.41, 5.74) is -0.0504. The summed E-state index contributed by atoms with van der Waals surface area (Å²) < 4.78 is 18.9. The van der Waals surface area contributed by atoms with E-state index in [2.05, 4.69) is 6.58 Å². The maximum atomic E-state index is 13.0. The number of rotatable bonds is 3. The summed E-state index contributed by atoms with van der Waals surface area (Å²) >= 11 is 6.56. The van der Waals surface area contributed by atoms with Gasteiger partial charge in [-0.05, 0) is 76.7 Å². The van der Waals surface area contributed by atoms with Crippen LogP contribution < -0.4 is 5.46 Å². The van der Waals surface area contributed by atoms with Crippen LogP contribution in [0.1, 0.15) is 65.9 Å². The predicted octanol–water partition coefficient (Wildman–Crippen LogP) is 4.21. The van der Waals surface area contributed by atoms with Gasteiger partial charge < -0.3 is 18.9 Å². The summed E-state index contributed by atoms with van der Waals surface area (Å²) in [4.78, 5) is 14.9. The van der Waals surface area contributed by atoms with Gasteiger partial charge in [0.1, 0.15) is 0 Å². The Morgan fingerprint density at radius 1 is 1.10 bits per heavy atom. The number of hydrogen-bond acceptors (Lipinski definition) is 4. The van der Waals surface area contributed by atoms with Crippen molar-refractivity contribution in [3.63, 3.8) is 0 Å². The van der Waals surface area contributed by atoms with Gasteiger partial charge in [-0.2, -0.15) is 0 Å². The Morgan fingerprint density at radius 3 is 2.29 bits per heavy atom. The first-order valence-corrected chi connectivity index (χ1v) is 11.5. The molecule has 2 saturated heterocycles. The van der Waals surface area contributed by atoms with E-state index in [4.69, 9.17) is 25.6 Å². The molecule has 0 radical (unpaired) electrons. The maximum Gasteiger partial charge on any atom is 0.494 e. The number of morpholine rings is 1. The number of carbonyl (C=O) groups is 1. The third-order valence-electron chi connectivity index (χ3n) is 7.72. The number of amides is 1. The van der Waals surface area contributed by atoms with Crippen LogP contribution in [-0.2, 0) is 24.4 Å². The third-order valence-corrected chi connectivity index (χ3v) is 7.94. The fourth-order valence-corrected chi connectivity index (χ4v) is 5.15. The van der Waals surface area contributed by atoms with E-state index in [1.165, 1.54) is 6.08 Å². The van der Waals surface area contributed by atoms with E-state index in [0.717, 1.165) is 36.7 Å². The van der Waals surface area contributed by atoms with Gasteiger partial charge in [-0.15, -0.1) is 0 Å². The molecular formula is C24H33BClNO4. The second kappa shape index (κ2) is 7.62. The van der Waals surface area contributed by atoms with Crippen LogP contribution in [0, 0.1) is 0 Å². The standard InChI is InChI=1S/C24H33BClNO4/c1-7-20(28)27-15-24(10-8-9-11-24)29-16-23(27,6)17-12-18(14-19(26)13-17)25-30-21(2,3)22(4,5)31-25/h7,12-14H,1,8-11,15-16H2,2-6H3. The Bertz CT molecular complexity index is 880. The van der Waals surface area contributed by atoms with Crippen molar-refractivity contribution in [2.45, 2.75) is 82.6 Å². The molecule has 1 aromatic carbocycles. The third kappa shape index (κ3) is 3.86. The van der Waals surface area contributed by atoms with Gasteiger partial charge in [0, 0.05) is 5.02 Å². The molecule has 4 rings (SSSR count). The van der Waals surface area contributed by atoms with E-state index in [-0.39, 0.29) is 11.5 Å². The molecule has 1 amide bonds. The number of ether oxygens (including phenoxy) is 1. The summed E-state index contributed by atoms with van der Waals surface area (Å²) in [6.07, 6.45) is 5.63. The Balaban J connectivity index is 1.71. The van der Waals surface area contributed by atoms with Crippen molar-refractivity contribution in [2.24, 2.45) is 0 Å². The molecule has 5 nitrogen and oxygen atoms in total. The van der Waals surface area contributed by atoms with Crippen molar-refractivity contribution < 1.29 is 18.8 Å². The summed E-state index contributed by atoms with van der Waals surface area (Å²) in [6.45, 7) is 14.9. The fourth-order valence-electron chi connectivity index (χ4n) is 4.91. The summed E-state index contributed by atoms with van der Waals surface area (Å²) in [5, 5.41) is 0.579. The molecule has 1 aromatic rings. The topological polar surface area (TPSA) is 48.0 Å². The van der Waals surface area contributed by atoms with Gasteiger partial charge in [-0.25, -0.2) is 0 Å². The van der Waals surface area contributed by atoms with E-state index < -0.39 is 23.9 Å². The van der Waals surface area contributed by atoms with E-state index in [0.29, 0.717) is 18.2 Å². The normalized spacial score (nSPS) is 28.8. The lowest BCUT2D eigenvalue weighted by Gasteiger charge is -2.51. The molecule has 7 heteroatoms. The number of hydrogen-bond donors (Lipinski definition) is 0. The summed E-state index contributed by atoms with van der Waals surface area (Å²) in [6, 6.07) is 5.82. The fraction of sp³-hybridized carbons (Fsp3) is 0.625. The maximum absolute atomic E-state index is 13.0. The average Bonchev–Trinajstić information content (AvgIpc) is 3.24. The largest absolute Gasteiger partial charge is 0.494 e. The van der Waals surface area contributed by atoms with Crippen LogP contribution in [0.15, 0.2) is 30.9 Å². The molecule has 3 fully saturated rings. The number of carbonyl (C=O) groups excluding carboxylic acids is 1. The Hall–Kier alpha value is -1.34. The quantitative estimate of drug-likeness (QED) is 0.516. The van der Waals surface area contributed by atoms with Crippen molar-refractivity contribution in [1.82, 2.24) is 4.90 Å². The highest BCUT2D eigenvalue weighted by atomic mass is 35.5. The molecule has 1 saturated carbocycles. The molecule has 1 unspecified atom stereocenters. The average molecular weight is 446 g/mol. The Kier molecular flexibility index (Phi) is 5.61. The van der Waals surface area contributed by atoms with Gasteiger partial charge in [-0.3, -0.25) is 4.79 Å². The number of nitrogens with zero attached hydrogens (tertiary/aromatic N) is 1. The van der Waals surface area contributed by atoms with E-state index >= 15 is 0 Å². The minimum absolute atomic E-state index is 0.0887. The van der Waals surface area contributed by atoms with Crippen LogP contribution in [0.5, 0.6) is 0 Å². The predicted molar refractivity (Wildman–Crippen MR) is 124 cm³/mol. The zero-order chi connectivity index (χ0) is 22.7. The van der Waals surface area contributed by atoms with Crippen molar-refractivity contribution in [3.8, 4) is 0 Å². The smallest absolute Gasteiger partial charge is 0.399 e. The molecule has 0 aromatic heterocycles. The summed E-state index contributed by atoms with van der Waals surface area (Å²) in [7, 11) is -0.528. The zero-order valence-corrected chi connectivity index (χ0v) is 20.1. The molecular weight excluding hydrogens is 413 g/mol. The molecule has 0 bridgehead atoms. The number of benzene rings is 1.